The minimum absolute atomic E-state index is 0.0207. The summed E-state index contributed by atoms with van der Waals surface area (Å²) in [4.78, 5) is 39.8. The van der Waals surface area contributed by atoms with Gasteiger partial charge in [0.1, 0.15) is 11.9 Å². The number of carbonyl (C=O) groups is 3. The first-order valence-electron chi connectivity index (χ1n) is 10.0. The number of nitrogens with zero attached hydrogens (tertiary/aromatic N) is 3. The number of fused-ring (bicyclic) bond motifs is 2. The molecule has 0 bridgehead atoms. The van der Waals surface area contributed by atoms with Gasteiger partial charge in [0.15, 0.2) is 0 Å². The van der Waals surface area contributed by atoms with Gasteiger partial charge in [-0.05, 0) is 13.2 Å². The number of likely N-dealkylation sites (N-methyl/N-ethyl adjacent to an activating group) is 1. The van der Waals surface area contributed by atoms with Crippen molar-refractivity contribution in [2.24, 2.45) is 11.8 Å². The Labute approximate surface area is 192 Å². The number of rotatable bonds is 7. The summed E-state index contributed by atoms with van der Waals surface area (Å²) in [5, 5.41) is 23.3. The molecule has 0 saturated carbocycles. The smallest absolute Gasteiger partial charge is 0.352 e. The van der Waals surface area contributed by atoms with Crippen molar-refractivity contribution in [2.75, 3.05) is 20.4 Å². The van der Waals surface area contributed by atoms with Crippen LogP contribution in [0.3, 0.4) is 0 Å². The van der Waals surface area contributed by atoms with Crippen LogP contribution in [-0.2, 0) is 19.1 Å². The van der Waals surface area contributed by atoms with E-state index in [-0.39, 0.29) is 29.5 Å². The average molecular weight is 482 g/mol. The van der Waals surface area contributed by atoms with Crippen LogP contribution in [0.15, 0.2) is 23.2 Å². The number of methoxy groups -OCH3 is 1. The van der Waals surface area contributed by atoms with Crippen molar-refractivity contribution in [3.05, 3.63) is 23.1 Å². The van der Waals surface area contributed by atoms with Gasteiger partial charge in [0.25, 0.3) is 18.5 Å². The summed E-state index contributed by atoms with van der Waals surface area (Å²) in [5.74, 6) is -2.67. The average Bonchev–Trinajstić information content (AvgIpc) is 3.35. The molecule has 1 saturated heterocycles. The number of β-lactam (4-membered cyclic amide) rings is 1. The van der Waals surface area contributed by atoms with E-state index < -0.39 is 24.2 Å². The van der Waals surface area contributed by atoms with Crippen LogP contribution < -0.4 is 9.88 Å². The van der Waals surface area contributed by atoms with Crippen molar-refractivity contribution in [1.29, 1.82) is 0 Å². The Hall–Kier alpha value is -2.41. The molecule has 0 aliphatic carbocycles. The van der Waals surface area contributed by atoms with Crippen LogP contribution in [0.25, 0.3) is 10.4 Å². The Balaban J connectivity index is 1.82. The van der Waals surface area contributed by atoms with Crippen molar-refractivity contribution in [2.45, 2.75) is 37.2 Å². The molecule has 2 aromatic heterocycles. The zero-order valence-corrected chi connectivity index (χ0v) is 19.9. The number of aromatic nitrogens is 2. The zero-order valence-electron chi connectivity index (χ0n) is 18.2. The molecular weight excluding hydrogens is 456 g/mol. The lowest BCUT2D eigenvalue weighted by Gasteiger charge is -2.46. The van der Waals surface area contributed by atoms with Crippen LogP contribution in [0.5, 0.6) is 0 Å². The number of hydrogen-bond acceptors (Lipinski definition) is 7. The lowest BCUT2D eigenvalue weighted by molar-refractivity contribution is -0.774. The van der Waals surface area contributed by atoms with Crippen molar-refractivity contribution in [3.63, 3.8) is 0 Å². The van der Waals surface area contributed by atoms with Gasteiger partial charge in [-0.15, -0.1) is 0 Å². The molecular formula is C20H25N4O6S2+. The maximum atomic E-state index is 12.6. The van der Waals surface area contributed by atoms with Gasteiger partial charge < -0.3 is 25.2 Å². The van der Waals surface area contributed by atoms with Crippen LogP contribution >= 0.6 is 23.1 Å². The number of aliphatic hydroxyl groups excluding tert-OH is 1. The summed E-state index contributed by atoms with van der Waals surface area (Å²) in [6, 6.07) is -0.374. The predicted octanol–water partition coefficient (Wildman–Crippen LogP) is 0.554. The summed E-state index contributed by atoms with van der Waals surface area (Å²) >= 11 is 2.84. The highest BCUT2D eigenvalue weighted by atomic mass is 32.2. The number of thioether (sulfide) groups is 1. The van der Waals surface area contributed by atoms with E-state index in [0.29, 0.717) is 5.57 Å². The normalized spacial score (nSPS) is 24.5. The van der Waals surface area contributed by atoms with E-state index in [9.17, 15) is 24.6 Å². The van der Waals surface area contributed by atoms with E-state index in [1.54, 1.807) is 17.8 Å². The third kappa shape index (κ3) is 3.08. The molecule has 0 spiro atoms. The minimum atomic E-state index is -1.16. The van der Waals surface area contributed by atoms with E-state index in [0.717, 1.165) is 14.7 Å². The number of amides is 2. The van der Waals surface area contributed by atoms with Crippen LogP contribution in [0, 0.1) is 11.8 Å². The summed E-state index contributed by atoms with van der Waals surface area (Å²) in [7, 11) is 3.00. The Kier molecular flexibility index (Phi) is 5.82. The third-order valence-electron chi connectivity index (χ3n) is 6.14. The van der Waals surface area contributed by atoms with Crippen LogP contribution in [0.2, 0.25) is 0 Å². The zero-order chi connectivity index (χ0) is 23.5. The van der Waals surface area contributed by atoms with Gasteiger partial charge in [0, 0.05) is 25.6 Å². The molecule has 10 nitrogen and oxygen atoms in total. The van der Waals surface area contributed by atoms with Gasteiger partial charge in [-0.25, -0.2) is 4.79 Å². The first-order valence-corrected chi connectivity index (χ1v) is 12.0. The maximum absolute atomic E-state index is 12.6. The molecule has 1 unspecified atom stereocenters. The topological polar surface area (TPSA) is 124 Å². The molecule has 0 aromatic carbocycles. The number of ether oxygens (including phenoxy) is 1. The predicted molar refractivity (Wildman–Crippen MR) is 117 cm³/mol. The van der Waals surface area contributed by atoms with Crippen LogP contribution in [0.1, 0.15) is 25.0 Å². The second kappa shape index (κ2) is 8.18. The fourth-order valence-electron chi connectivity index (χ4n) is 4.75. The molecule has 12 heteroatoms. The molecule has 4 rings (SSSR count). The molecule has 5 atom stereocenters. The Bertz CT molecular complexity index is 1150. The fourth-order valence-corrected chi connectivity index (χ4v) is 6.93. The summed E-state index contributed by atoms with van der Waals surface area (Å²) in [6.07, 6.45) is 3.75. The van der Waals surface area contributed by atoms with Crippen LogP contribution in [0.4, 0.5) is 0 Å². The molecule has 32 heavy (non-hydrogen) atoms. The molecule has 2 aliphatic heterocycles. The number of carbonyl (C=O) groups excluding carboxylic acids is 2. The quantitative estimate of drug-likeness (QED) is 0.300. The molecule has 4 heterocycles. The number of carboxylic acids is 1. The van der Waals surface area contributed by atoms with E-state index >= 15 is 0 Å². The highest BCUT2D eigenvalue weighted by Crippen LogP contribution is 2.51. The maximum Gasteiger partial charge on any atom is 0.352 e. The number of aliphatic hydroxyl groups is 1. The molecule has 2 aromatic rings. The summed E-state index contributed by atoms with van der Waals surface area (Å²) < 4.78 is 8.95. The van der Waals surface area contributed by atoms with E-state index in [2.05, 4.69) is 5.32 Å². The SMILES string of the molecule is CNC(=O)C(OC)[n+]1cn2cc(C3=C(C(=O)O)N4C(=O)[C@H]([C@@H](C)O)[C@H]4[C@H]3C)sc2c1SC. The lowest BCUT2D eigenvalue weighted by Crippen LogP contribution is -2.63. The molecule has 2 amide bonds. The van der Waals surface area contributed by atoms with E-state index in [1.165, 1.54) is 42.2 Å². The van der Waals surface area contributed by atoms with E-state index in [4.69, 9.17) is 4.74 Å². The van der Waals surface area contributed by atoms with Crippen LogP contribution in [-0.4, -0.2) is 69.9 Å². The second-order valence-electron chi connectivity index (χ2n) is 7.86. The summed E-state index contributed by atoms with van der Waals surface area (Å²) in [6.45, 7) is 3.45. The molecule has 2 aliphatic rings. The third-order valence-corrected chi connectivity index (χ3v) is 8.21. The fraction of sp³-hybridized carbons (Fsp3) is 0.500. The van der Waals surface area contributed by atoms with Gasteiger partial charge in [-0.2, -0.15) is 8.97 Å². The molecule has 0 radical (unpaired) electrons. The molecule has 172 valence electrons. The standard InChI is InChI=1S/C20H24N4O6S2/c1-8-11(14(20(28)29)24-13(8)12(9(2)25)16(24)27)10-6-22-7-23(17(30-4)15(26)21-3)19(31-5)18(22)32-10/h6-9,12-13,17,25H,1-5H3,(H-,21,26,28,29)/p+1/t8-,9+,12+,13+,17?/m0/s1. The van der Waals surface area contributed by atoms with Gasteiger partial charge in [-0.3, -0.25) is 9.59 Å². The monoisotopic (exact) mass is 481 g/mol. The minimum Gasteiger partial charge on any atom is -0.477 e. The summed E-state index contributed by atoms with van der Waals surface area (Å²) in [5.41, 5.74) is 0.563. The highest BCUT2D eigenvalue weighted by molar-refractivity contribution is 7.98. The first-order chi connectivity index (χ1) is 15.2. The Morgan fingerprint density at radius 1 is 1.41 bits per heavy atom. The van der Waals surface area contributed by atoms with Crippen molar-refractivity contribution in [3.8, 4) is 0 Å². The first kappa shape index (κ1) is 22.8. The Morgan fingerprint density at radius 3 is 2.62 bits per heavy atom. The number of carboxylic acid groups (broad SMARTS) is 1. The second-order valence-corrected chi connectivity index (χ2v) is 9.69. The van der Waals surface area contributed by atoms with Gasteiger partial charge in [0.2, 0.25) is 15.8 Å². The molecule has 1 fully saturated rings. The lowest BCUT2D eigenvalue weighted by atomic mass is 9.77. The number of nitrogens with one attached hydrogen (secondary N) is 1. The van der Waals surface area contributed by atoms with Gasteiger partial charge in [0.05, 0.1) is 22.9 Å². The Morgan fingerprint density at radius 2 is 2.09 bits per heavy atom. The van der Waals surface area contributed by atoms with E-state index in [1.807, 2.05) is 23.8 Å². The number of hydrogen-bond donors (Lipinski definition) is 3. The highest BCUT2D eigenvalue weighted by Gasteiger charge is 2.60. The van der Waals surface area contributed by atoms with Crippen molar-refractivity contribution < 1.29 is 33.9 Å². The van der Waals surface area contributed by atoms with Gasteiger partial charge in [-0.1, -0.05) is 30.0 Å². The van der Waals surface area contributed by atoms with Gasteiger partial charge >= 0.3 is 5.97 Å². The number of thiazole rings is 1. The van der Waals surface area contributed by atoms with Crippen molar-refractivity contribution >= 4 is 51.3 Å². The largest absolute Gasteiger partial charge is 0.477 e. The number of imidazole rings is 1. The van der Waals surface area contributed by atoms with Crippen molar-refractivity contribution in [1.82, 2.24) is 14.6 Å². The number of aliphatic carboxylic acids is 1. The molecule has 3 N–H and O–H groups in total.